The Balaban J connectivity index is 3.49. The summed E-state index contributed by atoms with van der Waals surface area (Å²) >= 11 is 0. The molecule has 1 aromatic carbocycles. The first kappa shape index (κ1) is 13.6. The van der Waals surface area contributed by atoms with Gasteiger partial charge >= 0.3 is 6.18 Å². The molecule has 0 aliphatic heterocycles. The number of benzene rings is 1. The highest BCUT2D eigenvalue weighted by Crippen LogP contribution is 2.44. The molecule has 1 unspecified atom stereocenters. The fourth-order valence-corrected chi connectivity index (χ4v) is 1.57. The van der Waals surface area contributed by atoms with Crippen molar-refractivity contribution in [3.8, 4) is 11.5 Å². The predicted molar refractivity (Wildman–Crippen MR) is 57.2 cm³/mol. The van der Waals surface area contributed by atoms with Crippen LogP contribution >= 0.6 is 0 Å². The highest BCUT2D eigenvalue weighted by Gasteiger charge is 2.36. The Bertz CT molecular complexity index is 402. The number of nitrogens with two attached hydrogens (primary N) is 1. The fourth-order valence-electron chi connectivity index (χ4n) is 1.57. The Kier molecular flexibility index (Phi) is 3.87. The third-order valence-electron chi connectivity index (χ3n) is 2.35. The Hall–Kier alpha value is -1.43. The number of rotatable bonds is 3. The number of alkyl halides is 3. The fraction of sp³-hybridized carbons (Fsp3) is 0.455. The van der Waals surface area contributed by atoms with E-state index in [0.29, 0.717) is 5.56 Å². The van der Waals surface area contributed by atoms with Gasteiger partial charge in [0, 0.05) is 11.6 Å². The van der Waals surface area contributed by atoms with Crippen LogP contribution in [0.15, 0.2) is 12.1 Å². The molecule has 3 nitrogen and oxygen atoms in total. The maximum Gasteiger partial charge on any atom is 0.420 e. The van der Waals surface area contributed by atoms with Gasteiger partial charge in [0.15, 0.2) is 11.5 Å². The maximum atomic E-state index is 12.7. The molecule has 0 spiro atoms. The molecule has 0 aromatic heterocycles. The van der Waals surface area contributed by atoms with E-state index < -0.39 is 17.8 Å². The molecule has 0 aliphatic carbocycles. The molecule has 0 saturated carbocycles. The first-order valence-electron chi connectivity index (χ1n) is 4.90. The Morgan fingerprint density at radius 2 is 1.65 bits per heavy atom. The molecular weight excluding hydrogens is 235 g/mol. The minimum Gasteiger partial charge on any atom is -0.492 e. The van der Waals surface area contributed by atoms with Crippen molar-refractivity contribution in [3.63, 3.8) is 0 Å². The molecule has 17 heavy (non-hydrogen) atoms. The molecule has 0 radical (unpaired) electrons. The highest BCUT2D eigenvalue weighted by molar-refractivity contribution is 5.54. The van der Waals surface area contributed by atoms with Crippen molar-refractivity contribution >= 4 is 0 Å². The summed E-state index contributed by atoms with van der Waals surface area (Å²) < 4.78 is 47.9. The summed E-state index contributed by atoms with van der Waals surface area (Å²) in [6.07, 6.45) is -4.49. The SMILES string of the molecule is COc1c(C(C)N)ccc(C(F)(F)F)c1OC. The van der Waals surface area contributed by atoms with Gasteiger partial charge in [-0.05, 0) is 13.0 Å². The quantitative estimate of drug-likeness (QED) is 0.895. The summed E-state index contributed by atoms with van der Waals surface area (Å²) in [6.45, 7) is 1.66. The van der Waals surface area contributed by atoms with Gasteiger partial charge in [-0.3, -0.25) is 0 Å². The van der Waals surface area contributed by atoms with Gasteiger partial charge in [0.1, 0.15) is 5.56 Å². The summed E-state index contributed by atoms with van der Waals surface area (Å²) in [6, 6.07) is 1.80. The monoisotopic (exact) mass is 249 g/mol. The van der Waals surface area contributed by atoms with Gasteiger partial charge in [-0.25, -0.2) is 0 Å². The molecular formula is C11H14F3NO2. The zero-order chi connectivity index (χ0) is 13.2. The summed E-state index contributed by atoms with van der Waals surface area (Å²) in [5, 5.41) is 0. The second-order valence-electron chi connectivity index (χ2n) is 3.56. The van der Waals surface area contributed by atoms with E-state index in [2.05, 4.69) is 0 Å². The Labute approximate surface area is 97.3 Å². The molecule has 1 rings (SSSR count). The van der Waals surface area contributed by atoms with E-state index in [4.69, 9.17) is 15.2 Å². The van der Waals surface area contributed by atoms with Gasteiger partial charge in [-0.2, -0.15) is 13.2 Å². The molecule has 0 bridgehead atoms. The average Bonchev–Trinajstić information content (AvgIpc) is 2.25. The molecule has 0 aliphatic rings. The van der Waals surface area contributed by atoms with Crippen LogP contribution in [0.25, 0.3) is 0 Å². The topological polar surface area (TPSA) is 44.5 Å². The lowest BCUT2D eigenvalue weighted by Crippen LogP contribution is -2.12. The van der Waals surface area contributed by atoms with Crippen LogP contribution in [0.5, 0.6) is 11.5 Å². The molecule has 0 amide bonds. The molecule has 6 heteroatoms. The van der Waals surface area contributed by atoms with Crippen molar-refractivity contribution in [2.24, 2.45) is 5.73 Å². The van der Waals surface area contributed by atoms with Crippen LogP contribution in [-0.4, -0.2) is 14.2 Å². The number of hydrogen-bond donors (Lipinski definition) is 1. The lowest BCUT2D eigenvalue weighted by atomic mass is 10.0. The zero-order valence-corrected chi connectivity index (χ0v) is 9.76. The zero-order valence-electron chi connectivity index (χ0n) is 9.76. The van der Waals surface area contributed by atoms with Crippen molar-refractivity contribution in [1.29, 1.82) is 0 Å². The Morgan fingerprint density at radius 3 is 2.00 bits per heavy atom. The molecule has 0 fully saturated rings. The van der Waals surface area contributed by atoms with Crippen LogP contribution in [-0.2, 0) is 6.18 Å². The van der Waals surface area contributed by atoms with Crippen molar-refractivity contribution in [1.82, 2.24) is 0 Å². The van der Waals surface area contributed by atoms with E-state index in [1.807, 2.05) is 0 Å². The van der Waals surface area contributed by atoms with Crippen molar-refractivity contribution in [2.45, 2.75) is 19.1 Å². The van der Waals surface area contributed by atoms with Crippen LogP contribution in [0.1, 0.15) is 24.1 Å². The standard InChI is InChI=1S/C11H14F3NO2/c1-6(15)7-4-5-8(11(12,13)14)10(17-3)9(7)16-2/h4-6H,15H2,1-3H3. The summed E-state index contributed by atoms with van der Waals surface area (Å²) in [5.74, 6) is -0.313. The van der Waals surface area contributed by atoms with Crippen molar-refractivity contribution in [2.75, 3.05) is 14.2 Å². The third kappa shape index (κ3) is 2.63. The van der Waals surface area contributed by atoms with Gasteiger partial charge in [0.2, 0.25) is 0 Å². The molecule has 1 aromatic rings. The lowest BCUT2D eigenvalue weighted by molar-refractivity contribution is -0.138. The minimum atomic E-state index is -4.49. The predicted octanol–water partition coefficient (Wildman–Crippen LogP) is 2.74. The van der Waals surface area contributed by atoms with Crippen LogP contribution < -0.4 is 15.2 Å². The first-order valence-corrected chi connectivity index (χ1v) is 4.90. The summed E-state index contributed by atoms with van der Waals surface area (Å²) in [5.41, 5.74) is 5.25. The lowest BCUT2D eigenvalue weighted by Gasteiger charge is -2.19. The number of hydrogen-bond acceptors (Lipinski definition) is 3. The third-order valence-corrected chi connectivity index (χ3v) is 2.35. The van der Waals surface area contributed by atoms with Crippen LogP contribution in [0, 0.1) is 0 Å². The normalized spacial score (nSPS) is 13.4. The van der Waals surface area contributed by atoms with E-state index in [9.17, 15) is 13.2 Å². The number of ether oxygens (including phenoxy) is 2. The van der Waals surface area contributed by atoms with Crippen LogP contribution in [0.4, 0.5) is 13.2 Å². The Morgan fingerprint density at radius 1 is 1.12 bits per heavy atom. The number of halogens is 3. The molecule has 0 heterocycles. The maximum absolute atomic E-state index is 12.7. The molecule has 1 atom stereocenters. The van der Waals surface area contributed by atoms with Gasteiger partial charge in [-0.15, -0.1) is 0 Å². The highest BCUT2D eigenvalue weighted by atomic mass is 19.4. The summed E-state index contributed by atoms with van der Waals surface area (Å²) in [4.78, 5) is 0. The second kappa shape index (κ2) is 4.83. The van der Waals surface area contributed by atoms with E-state index in [1.54, 1.807) is 6.92 Å². The number of methoxy groups -OCH3 is 2. The van der Waals surface area contributed by atoms with Crippen LogP contribution in [0.3, 0.4) is 0 Å². The smallest absolute Gasteiger partial charge is 0.420 e. The molecule has 2 N–H and O–H groups in total. The van der Waals surface area contributed by atoms with E-state index >= 15 is 0 Å². The van der Waals surface area contributed by atoms with Gasteiger partial charge in [-0.1, -0.05) is 6.07 Å². The van der Waals surface area contributed by atoms with E-state index in [0.717, 1.165) is 13.2 Å². The van der Waals surface area contributed by atoms with Gasteiger partial charge in [0.25, 0.3) is 0 Å². The van der Waals surface area contributed by atoms with Gasteiger partial charge in [0.05, 0.1) is 14.2 Å². The van der Waals surface area contributed by atoms with E-state index in [1.165, 1.54) is 13.2 Å². The van der Waals surface area contributed by atoms with Crippen molar-refractivity contribution < 1.29 is 22.6 Å². The van der Waals surface area contributed by atoms with Crippen molar-refractivity contribution in [3.05, 3.63) is 23.3 Å². The average molecular weight is 249 g/mol. The molecule has 96 valence electrons. The van der Waals surface area contributed by atoms with E-state index in [-0.39, 0.29) is 11.5 Å². The van der Waals surface area contributed by atoms with Crippen LogP contribution in [0.2, 0.25) is 0 Å². The second-order valence-corrected chi connectivity index (χ2v) is 3.56. The summed E-state index contributed by atoms with van der Waals surface area (Å²) in [7, 11) is 2.45. The first-order chi connectivity index (χ1) is 7.82. The van der Waals surface area contributed by atoms with Gasteiger partial charge < -0.3 is 15.2 Å². The molecule has 0 saturated heterocycles. The minimum absolute atomic E-state index is 0.0253. The largest absolute Gasteiger partial charge is 0.492 e.